The number of carbonyl (C=O) groups excluding carboxylic acids is 1. The van der Waals surface area contributed by atoms with Gasteiger partial charge in [-0.15, -0.1) is 0 Å². The van der Waals surface area contributed by atoms with Gasteiger partial charge in [-0.3, -0.25) is 4.98 Å². The molecule has 0 unspecified atom stereocenters. The number of rotatable bonds is 5. The minimum atomic E-state index is -0.484. The van der Waals surface area contributed by atoms with Crippen LogP contribution in [0.2, 0.25) is 0 Å². The number of aromatic nitrogens is 3. The van der Waals surface area contributed by atoms with E-state index in [4.69, 9.17) is 9.47 Å². The second-order valence-electron chi connectivity index (χ2n) is 10.0. The van der Waals surface area contributed by atoms with Crippen LogP contribution in [0.3, 0.4) is 0 Å². The molecule has 1 saturated carbocycles. The van der Waals surface area contributed by atoms with Gasteiger partial charge in [0.05, 0.1) is 10.2 Å². The van der Waals surface area contributed by atoms with E-state index in [9.17, 15) is 4.79 Å². The van der Waals surface area contributed by atoms with E-state index in [1.807, 2.05) is 39.0 Å². The summed E-state index contributed by atoms with van der Waals surface area (Å²) in [5, 5.41) is 4.49. The van der Waals surface area contributed by atoms with Gasteiger partial charge in [0.1, 0.15) is 17.4 Å². The maximum atomic E-state index is 12.4. The molecule has 34 heavy (non-hydrogen) atoms. The topological polar surface area (TPSA) is 89.5 Å². The Morgan fingerprint density at radius 2 is 1.85 bits per heavy atom. The van der Waals surface area contributed by atoms with E-state index < -0.39 is 5.60 Å². The summed E-state index contributed by atoms with van der Waals surface area (Å²) in [5.41, 5.74) is 1.44. The highest BCUT2D eigenvalue weighted by Crippen LogP contribution is 2.36. The molecule has 2 fully saturated rings. The number of anilines is 1. The Kier molecular flexibility index (Phi) is 6.29. The number of benzene rings is 1. The molecular weight excluding hydrogens is 450 g/mol. The van der Waals surface area contributed by atoms with Gasteiger partial charge >= 0.3 is 6.09 Å². The lowest BCUT2D eigenvalue weighted by Crippen LogP contribution is -2.43. The average Bonchev–Trinajstić information content (AvgIpc) is 3.19. The number of para-hydroxylation sites is 1. The van der Waals surface area contributed by atoms with Gasteiger partial charge in [0, 0.05) is 50.3 Å². The van der Waals surface area contributed by atoms with Crippen LogP contribution in [0.25, 0.3) is 10.2 Å². The van der Waals surface area contributed by atoms with Crippen molar-refractivity contribution in [2.45, 2.75) is 70.1 Å². The number of amides is 1. The second kappa shape index (κ2) is 9.37. The SMILES string of the molecule is CC(C)(C)OC(=O)N1CCC(c2nccnc2O[C@H]2C[C@H](Nc3nc4ccccc4s3)C2)CC1. The summed E-state index contributed by atoms with van der Waals surface area (Å²) in [6.07, 6.45) is 6.73. The smallest absolute Gasteiger partial charge is 0.410 e. The summed E-state index contributed by atoms with van der Waals surface area (Å²) in [7, 11) is 0. The largest absolute Gasteiger partial charge is 0.473 e. The maximum absolute atomic E-state index is 12.4. The standard InChI is InChI=1S/C25H31N5O3S/c1-25(2,3)33-24(31)30-12-8-16(9-13-30)21-22(27-11-10-26-21)32-18-14-17(15-18)28-23-29-19-6-4-5-7-20(19)34-23/h4-7,10-11,16-18H,8-9,12-15H2,1-3H3,(H,28,29)/t17-,18-. The van der Waals surface area contributed by atoms with E-state index in [2.05, 4.69) is 26.3 Å². The number of nitrogens with one attached hydrogen (secondary N) is 1. The fourth-order valence-electron chi connectivity index (χ4n) is 4.41. The van der Waals surface area contributed by atoms with Crippen LogP contribution in [-0.4, -0.2) is 56.8 Å². The van der Waals surface area contributed by atoms with Crippen molar-refractivity contribution < 1.29 is 14.3 Å². The average molecular weight is 482 g/mol. The minimum absolute atomic E-state index is 0.115. The lowest BCUT2D eigenvalue weighted by atomic mass is 9.89. The minimum Gasteiger partial charge on any atom is -0.473 e. The molecule has 0 radical (unpaired) electrons. The van der Waals surface area contributed by atoms with Crippen LogP contribution in [0, 0.1) is 0 Å². The van der Waals surface area contributed by atoms with Gasteiger partial charge in [-0.05, 0) is 45.7 Å². The zero-order valence-corrected chi connectivity index (χ0v) is 20.7. The van der Waals surface area contributed by atoms with E-state index in [-0.39, 0.29) is 18.1 Å². The third-order valence-electron chi connectivity index (χ3n) is 6.22. The van der Waals surface area contributed by atoms with Crippen molar-refractivity contribution in [2.75, 3.05) is 18.4 Å². The summed E-state index contributed by atoms with van der Waals surface area (Å²) in [4.78, 5) is 27.9. The molecule has 1 amide bonds. The number of carbonyl (C=O) groups is 1. The summed E-state index contributed by atoms with van der Waals surface area (Å²) in [5.74, 6) is 0.848. The van der Waals surface area contributed by atoms with E-state index in [1.54, 1.807) is 28.6 Å². The molecule has 1 N–H and O–H groups in total. The van der Waals surface area contributed by atoms with Crippen molar-refractivity contribution >= 4 is 32.8 Å². The van der Waals surface area contributed by atoms with Crippen molar-refractivity contribution in [1.82, 2.24) is 19.9 Å². The van der Waals surface area contributed by atoms with Crippen LogP contribution in [0.1, 0.15) is 58.1 Å². The summed E-state index contributed by atoms with van der Waals surface area (Å²) >= 11 is 1.68. The van der Waals surface area contributed by atoms with E-state index in [1.165, 1.54) is 4.70 Å². The third-order valence-corrected chi connectivity index (χ3v) is 7.19. The molecule has 1 aliphatic heterocycles. The number of hydrogen-bond acceptors (Lipinski definition) is 8. The Morgan fingerprint density at radius 3 is 2.59 bits per heavy atom. The quantitative estimate of drug-likeness (QED) is 0.534. The molecule has 0 bridgehead atoms. The Balaban J connectivity index is 1.14. The molecule has 1 aromatic carbocycles. The highest BCUT2D eigenvalue weighted by Gasteiger charge is 2.34. The van der Waals surface area contributed by atoms with Crippen LogP contribution in [-0.2, 0) is 4.74 Å². The zero-order valence-electron chi connectivity index (χ0n) is 19.9. The molecule has 1 saturated heterocycles. The van der Waals surface area contributed by atoms with Crippen molar-refractivity contribution in [3.8, 4) is 5.88 Å². The lowest BCUT2D eigenvalue weighted by molar-refractivity contribution is 0.0202. The normalized spacial score (nSPS) is 21.2. The van der Waals surface area contributed by atoms with E-state index in [0.29, 0.717) is 25.0 Å². The van der Waals surface area contributed by atoms with Crippen LogP contribution in [0.5, 0.6) is 5.88 Å². The predicted molar refractivity (Wildman–Crippen MR) is 132 cm³/mol. The Labute approximate surface area is 203 Å². The summed E-state index contributed by atoms with van der Waals surface area (Å²) in [6.45, 7) is 6.96. The Hall–Kier alpha value is -2.94. The predicted octanol–water partition coefficient (Wildman–Crippen LogP) is 5.22. The Morgan fingerprint density at radius 1 is 1.12 bits per heavy atom. The first kappa shape index (κ1) is 22.8. The number of nitrogens with zero attached hydrogens (tertiary/aromatic N) is 4. The van der Waals surface area contributed by atoms with Gasteiger partial charge in [-0.1, -0.05) is 23.5 Å². The fraction of sp³-hybridized carbons (Fsp3) is 0.520. The summed E-state index contributed by atoms with van der Waals surface area (Å²) in [6, 6.07) is 8.54. The molecule has 5 rings (SSSR count). The maximum Gasteiger partial charge on any atom is 0.410 e. The first-order valence-corrected chi connectivity index (χ1v) is 12.7. The number of ether oxygens (including phenoxy) is 2. The molecule has 180 valence electrons. The first-order valence-electron chi connectivity index (χ1n) is 11.9. The second-order valence-corrected chi connectivity index (χ2v) is 11.1. The highest BCUT2D eigenvalue weighted by molar-refractivity contribution is 7.22. The van der Waals surface area contributed by atoms with Crippen LogP contribution in [0.4, 0.5) is 9.93 Å². The van der Waals surface area contributed by atoms with Gasteiger partial charge in [0.25, 0.3) is 0 Å². The zero-order chi connectivity index (χ0) is 23.7. The first-order chi connectivity index (χ1) is 16.3. The Bertz CT molecular complexity index is 1110. The third kappa shape index (κ3) is 5.24. The van der Waals surface area contributed by atoms with Gasteiger partial charge in [-0.2, -0.15) is 0 Å². The molecule has 3 heterocycles. The van der Waals surface area contributed by atoms with E-state index in [0.717, 1.165) is 42.0 Å². The van der Waals surface area contributed by atoms with Crippen molar-refractivity contribution in [3.63, 3.8) is 0 Å². The molecule has 0 spiro atoms. The number of hydrogen-bond donors (Lipinski definition) is 1. The van der Waals surface area contributed by atoms with Gasteiger partial charge < -0.3 is 19.7 Å². The molecular formula is C25H31N5O3S. The number of piperidine rings is 1. The fourth-order valence-corrected chi connectivity index (χ4v) is 5.36. The molecule has 9 heteroatoms. The summed E-state index contributed by atoms with van der Waals surface area (Å²) < 4.78 is 13.0. The van der Waals surface area contributed by atoms with Crippen LogP contribution >= 0.6 is 11.3 Å². The molecule has 8 nitrogen and oxygen atoms in total. The van der Waals surface area contributed by atoms with Gasteiger partial charge in [0.2, 0.25) is 5.88 Å². The van der Waals surface area contributed by atoms with E-state index >= 15 is 0 Å². The molecule has 2 aromatic heterocycles. The lowest BCUT2D eigenvalue weighted by Gasteiger charge is -2.36. The molecule has 1 aliphatic carbocycles. The van der Waals surface area contributed by atoms with Crippen LogP contribution in [0.15, 0.2) is 36.7 Å². The number of likely N-dealkylation sites (tertiary alicyclic amines) is 1. The number of thiazole rings is 1. The highest BCUT2D eigenvalue weighted by atomic mass is 32.1. The van der Waals surface area contributed by atoms with Crippen LogP contribution < -0.4 is 10.1 Å². The van der Waals surface area contributed by atoms with Gasteiger partial charge in [-0.25, -0.2) is 14.8 Å². The molecule has 0 atom stereocenters. The van der Waals surface area contributed by atoms with Gasteiger partial charge in [0.15, 0.2) is 5.13 Å². The molecule has 3 aromatic rings. The monoisotopic (exact) mass is 481 g/mol. The molecule has 2 aliphatic rings. The van der Waals surface area contributed by atoms with Crippen molar-refractivity contribution in [1.29, 1.82) is 0 Å². The van der Waals surface area contributed by atoms with Crippen molar-refractivity contribution in [2.24, 2.45) is 0 Å². The number of fused-ring (bicyclic) bond motifs is 1. The van der Waals surface area contributed by atoms with Crippen molar-refractivity contribution in [3.05, 3.63) is 42.4 Å².